The first kappa shape index (κ1) is 12.1. The van der Waals surface area contributed by atoms with Crippen LogP contribution in [-0.4, -0.2) is 27.6 Å². The predicted molar refractivity (Wildman–Crippen MR) is 65.7 cm³/mol. The van der Waals surface area contributed by atoms with Gasteiger partial charge in [0, 0.05) is 6.42 Å². The SMILES string of the molecule is CCOC(=O)Nn1cnnc1Cc1ccccc1. The molecule has 0 saturated carbocycles. The molecular weight excluding hydrogens is 232 g/mol. The van der Waals surface area contributed by atoms with Crippen molar-refractivity contribution in [3.63, 3.8) is 0 Å². The highest BCUT2D eigenvalue weighted by molar-refractivity contribution is 5.75. The number of nitrogens with one attached hydrogen (secondary N) is 1. The summed E-state index contributed by atoms with van der Waals surface area (Å²) in [6, 6.07) is 9.83. The van der Waals surface area contributed by atoms with E-state index < -0.39 is 6.09 Å². The van der Waals surface area contributed by atoms with Crippen molar-refractivity contribution >= 4 is 6.09 Å². The highest BCUT2D eigenvalue weighted by atomic mass is 16.6. The first-order valence-electron chi connectivity index (χ1n) is 5.66. The van der Waals surface area contributed by atoms with Gasteiger partial charge in [-0.25, -0.2) is 14.9 Å². The van der Waals surface area contributed by atoms with Crippen molar-refractivity contribution in [1.82, 2.24) is 14.9 Å². The number of benzene rings is 1. The van der Waals surface area contributed by atoms with Crippen molar-refractivity contribution in [3.8, 4) is 0 Å². The van der Waals surface area contributed by atoms with Gasteiger partial charge < -0.3 is 4.74 Å². The molecule has 0 spiro atoms. The summed E-state index contributed by atoms with van der Waals surface area (Å²) in [5, 5.41) is 7.74. The standard InChI is InChI=1S/C12H14N4O2/c1-2-18-12(17)15-16-9-13-14-11(16)8-10-6-4-3-5-7-10/h3-7,9H,2,8H2,1H3,(H,15,17). The van der Waals surface area contributed by atoms with E-state index in [0.717, 1.165) is 5.56 Å². The van der Waals surface area contributed by atoms with Gasteiger partial charge in [0.05, 0.1) is 6.61 Å². The Labute approximate surface area is 105 Å². The second-order valence-corrected chi connectivity index (χ2v) is 3.61. The Kier molecular flexibility index (Phi) is 3.90. The number of amides is 1. The molecule has 0 aliphatic heterocycles. The Hall–Kier alpha value is -2.37. The number of rotatable bonds is 4. The van der Waals surface area contributed by atoms with Gasteiger partial charge in [0.15, 0.2) is 5.82 Å². The van der Waals surface area contributed by atoms with Crippen LogP contribution < -0.4 is 5.43 Å². The van der Waals surface area contributed by atoms with Crippen molar-refractivity contribution in [2.45, 2.75) is 13.3 Å². The van der Waals surface area contributed by atoms with Gasteiger partial charge in [-0.05, 0) is 12.5 Å². The van der Waals surface area contributed by atoms with Crippen LogP contribution in [0.3, 0.4) is 0 Å². The molecule has 1 N–H and O–H groups in total. The summed E-state index contributed by atoms with van der Waals surface area (Å²) in [5.41, 5.74) is 3.64. The highest BCUT2D eigenvalue weighted by Gasteiger charge is 2.08. The van der Waals surface area contributed by atoms with Crippen molar-refractivity contribution < 1.29 is 9.53 Å². The second kappa shape index (κ2) is 5.81. The van der Waals surface area contributed by atoms with Crippen molar-refractivity contribution in [1.29, 1.82) is 0 Å². The van der Waals surface area contributed by atoms with Gasteiger partial charge >= 0.3 is 6.09 Å². The van der Waals surface area contributed by atoms with Gasteiger partial charge in [-0.2, -0.15) is 0 Å². The van der Waals surface area contributed by atoms with Crippen LogP contribution >= 0.6 is 0 Å². The van der Waals surface area contributed by atoms with Crippen LogP contribution in [0.4, 0.5) is 4.79 Å². The number of ether oxygens (including phenoxy) is 1. The molecule has 2 aromatic rings. The van der Waals surface area contributed by atoms with E-state index in [9.17, 15) is 4.79 Å². The van der Waals surface area contributed by atoms with Gasteiger partial charge in [-0.3, -0.25) is 0 Å². The third-order valence-corrected chi connectivity index (χ3v) is 2.31. The molecule has 0 bridgehead atoms. The molecule has 1 aromatic heterocycles. The van der Waals surface area contributed by atoms with Crippen molar-refractivity contribution in [2.75, 3.05) is 12.0 Å². The van der Waals surface area contributed by atoms with Crippen molar-refractivity contribution in [3.05, 3.63) is 48.0 Å². The lowest BCUT2D eigenvalue weighted by atomic mass is 10.1. The number of hydrogen-bond acceptors (Lipinski definition) is 4. The Morgan fingerprint density at radius 2 is 2.17 bits per heavy atom. The fraction of sp³-hybridized carbons (Fsp3) is 0.250. The summed E-state index contributed by atoms with van der Waals surface area (Å²) in [7, 11) is 0. The van der Waals surface area contributed by atoms with E-state index >= 15 is 0 Å². The Morgan fingerprint density at radius 1 is 1.39 bits per heavy atom. The van der Waals surface area contributed by atoms with Gasteiger partial charge in [-0.15, -0.1) is 10.2 Å². The predicted octanol–water partition coefficient (Wildman–Crippen LogP) is 1.57. The lowest BCUT2D eigenvalue weighted by molar-refractivity contribution is 0.164. The molecule has 0 saturated heterocycles. The average molecular weight is 246 g/mol. The number of hydrogen-bond donors (Lipinski definition) is 1. The zero-order valence-corrected chi connectivity index (χ0v) is 10.0. The molecular formula is C12H14N4O2. The van der Waals surface area contributed by atoms with E-state index in [0.29, 0.717) is 18.9 Å². The molecule has 0 unspecified atom stereocenters. The van der Waals surface area contributed by atoms with Crippen LogP contribution in [0.15, 0.2) is 36.7 Å². The van der Waals surface area contributed by atoms with Crippen LogP contribution in [0, 0.1) is 0 Å². The lowest BCUT2D eigenvalue weighted by Crippen LogP contribution is -2.25. The smallest absolute Gasteiger partial charge is 0.426 e. The monoisotopic (exact) mass is 246 g/mol. The molecule has 94 valence electrons. The Morgan fingerprint density at radius 3 is 2.89 bits per heavy atom. The first-order valence-corrected chi connectivity index (χ1v) is 5.66. The molecule has 18 heavy (non-hydrogen) atoms. The average Bonchev–Trinajstić information content (AvgIpc) is 2.78. The molecule has 0 aliphatic rings. The summed E-state index contributed by atoms with van der Waals surface area (Å²) in [6.45, 7) is 2.07. The van der Waals surface area contributed by atoms with E-state index in [4.69, 9.17) is 4.74 Å². The molecule has 6 heteroatoms. The minimum atomic E-state index is -0.522. The fourth-order valence-corrected chi connectivity index (χ4v) is 1.51. The Bertz CT molecular complexity index is 510. The highest BCUT2D eigenvalue weighted by Crippen LogP contribution is 2.05. The Balaban J connectivity index is 2.06. The number of carbonyl (C=O) groups is 1. The topological polar surface area (TPSA) is 69.0 Å². The second-order valence-electron chi connectivity index (χ2n) is 3.61. The maximum absolute atomic E-state index is 11.3. The number of aromatic nitrogens is 3. The summed E-state index contributed by atoms with van der Waals surface area (Å²) < 4.78 is 6.26. The van der Waals surface area contributed by atoms with Gasteiger partial charge in [0.2, 0.25) is 0 Å². The van der Waals surface area contributed by atoms with E-state index in [-0.39, 0.29) is 0 Å². The van der Waals surface area contributed by atoms with E-state index in [1.54, 1.807) is 6.92 Å². The maximum Gasteiger partial charge on any atom is 0.426 e. The summed E-state index contributed by atoms with van der Waals surface area (Å²) in [5.74, 6) is 0.647. The third kappa shape index (κ3) is 3.07. The minimum Gasteiger partial charge on any atom is -0.449 e. The van der Waals surface area contributed by atoms with Crippen LogP contribution in [0.1, 0.15) is 18.3 Å². The quantitative estimate of drug-likeness (QED) is 0.889. The van der Waals surface area contributed by atoms with Gasteiger partial charge in [0.1, 0.15) is 6.33 Å². The molecule has 0 aliphatic carbocycles. The zero-order chi connectivity index (χ0) is 12.8. The first-order chi connectivity index (χ1) is 8.79. The fourth-order valence-electron chi connectivity index (χ4n) is 1.51. The summed E-state index contributed by atoms with van der Waals surface area (Å²) in [4.78, 5) is 11.3. The van der Waals surface area contributed by atoms with E-state index in [2.05, 4.69) is 15.6 Å². The summed E-state index contributed by atoms with van der Waals surface area (Å²) in [6.07, 6.45) is 1.51. The minimum absolute atomic E-state index is 0.321. The molecule has 1 aromatic carbocycles. The van der Waals surface area contributed by atoms with E-state index in [1.165, 1.54) is 11.0 Å². The largest absolute Gasteiger partial charge is 0.449 e. The number of carbonyl (C=O) groups excluding carboxylic acids is 1. The number of nitrogens with zero attached hydrogens (tertiary/aromatic N) is 3. The zero-order valence-electron chi connectivity index (χ0n) is 10.0. The third-order valence-electron chi connectivity index (χ3n) is 2.31. The lowest BCUT2D eigenvalue weighted by Gasteiger charge is -2.08. The maximum atomic E-state index is 11.3. The van der Waals surface area contributed by atoms with Crippen LogP contribution in [0.5, 0.6) is 0 Å². The molecule has 1 heterocycles. The van der Waals surface area contributed by atoms with Crippen LogP contribution in [0.2, 0.25) is 0 Å². The molecule has 0 radical (unpaired) electrons. The molecule has 0 atom stereocenters. The van der Waals surface area contributed by atoms with E-state index in [1.807, 2.05) is 30.3 Å². The normalized spacial score (nSPS) is 10.1. The van der Waals surface area contributed by atoms with Gasteiger partial charge in [0.25, 0.3) is 0 Å². The molecule has 6 nitrogen and oxygen atoms in total. The summed E-state index contributed by atoms with van der Waals surface area (Å²) >= 11 is 0. The van der Waals surface area contributed by atoms with Gasteiger partial charge in [-0.1, -0.05) is 30.3 Å². The van der Waals surface area contributed by atoms with Crippen LogP contribution in [0.25, 0.3) is 0 Å². The molecule has 1 amide bonds. The van der Waals surface area contributed by atoms with Crippen LogP contribution in [-0.2, 0) is 11.2 Å². The molecule has 0 fully saturated rings. The molecule has 2 rings (SSSR count). The van der Waals surface area contributed by atoms with Crippen molar-refractivity contribution in [2.24, 2.45) is 0 Å².